The van der Waals surface area contributed by atoms with Crippen molar-refractivity contribution in [3.63, 3.8) is 0 Å². The molecular formula is C20H34N2O3. The van der Waals surface area contributed by atoms with Gasteiger partial charge in [0.15, 0.2) is 0 Å². The number of rotatable bonds is 2. The van der Waals surface area contributed by atoms with Crippen molar-refractivity contribution in [2.75, 3.05) is 26.0 Å². The Labute approximate surface area is 152 Å². The summed E-state index contributed by atoms with van der Waals surface area (Å²) in [6.07, 6.45) is 3.31. The summed E-state index contributed by atoms with van der Waals surface area (Å²) >= 11 is 0. The molecule has 1 heterocycles. The third-order valence-corrected chi connectivity index (χ3v) is 4.09. The van der Waals surface area contributed by atoms with Gasteiger partial charge in [0.05, 0.1) is 13.2 Å². The number of nitrogens with zero attached hydrogens (tertiary/aromatic N) is 1. The number of piperidine rings is 1. The lowest BCUT2D eigenvalue weighted by molar-refractivity contribution is -0.138. The first-order valence-corrected chi connectivity index (χ1v) is 8.98. The van der Waals surface area contributed by atoms with E-state index in [0.29, 0.717) is 0 Å². The number of esters is 1. The number of carbonyl (C=O) groups excluding carboxylic acids is 2. The van der Waals surface area contributed by atoms with Crippen molar-refractivity contribution in [3.8, 4) is 0 Å². The smallest absolute Gasteiger partial charge is 0.302 e. The molecule has 1 aliphatic rings. The van der Waals surface area contributed by atoms with Gasteiger partial charge in [-0.15, -0.1) is 0 Å². The Morgan fingerprint density at radius 2 is 1.68 bits per heavy atom. The van der Waals surface area contributed by atoms with Gasteiger partial charge in [-0.3, -0.25) is 14.5 Å². The number of para-hydroxylation sites is 1. The number of nitrogens with one attached hydrogen (secondary N) is 1. The Hall–Kier alpha value is -1.88. The number of ether oxygens (including phenoxy) is 1. The van der Waals surface area contributed by atoms with Gasteiger partial charge < -0.3 is 10.1 Å². The largest absolute Gasteiger partial charge is 0.469 e. The Morgan fingerprint density at radius 1 is 1.16 bits per heavy atom. The number of likely N-dealkylation sites (tertiary alicyclic amines) is 1. The topological polar surface area (TPSA) is 58.6 Å². The van der Waals surface area contributed by atoms with Gasteiger partial charge >= 0.3 is 5.97 Å². The van der Waals surface area contributed by atoms with E-state index in [1.54, 1.807) is 0 Å². The molecule has 0 saturated carbocycles. The molecular weight excluding hydrogens is 316 g/mol. The zero-order valence-electron chi connectivity index (χ0n) is 16.8. The second-order valence-corrected chi connectivity index (χ2v) is 5.94. The number of methoxy groups -OCH3 is 1. The van der Waals surface area contributed by atoms with E-state index in [9.17, 15) is 9.59 Å². The van der Waals surface area contributed by atoms with Crippen molar-refractivity contribution >= 4 is 17.6 Å². The van der Waals surface area contributed by atoms with Gasteiger partial charge in [-0.25, -0.2) is 0 Å². The second-order valence-electron chi connectivity index (χ2n) is 5.94. The number of aryl methyl sites for hydroxylation is 2. The molecule has 1 aromatic carbocycles. The Morgan fingerprint density at radius 3 is 2.12 bits per heavy atom. The fourth-order valence-electron chi connectivity index (χ4n) is 2.62. The highest BCUT2D eigenvalue weighted by molar-refractivity contribution is 5.96. The molecule has 1 saturated heterocycles. The minimum atomic E-state index is -0.245. The molecule has 0 spiro atoms. The summed E-state index contributed by atoms with van der Waals surface area (Å²) in [7, 11) is 3.39. The van der Waals surface area contributed by atoms with E-state index in [1.165, 1.54) is 20.5 Å². The Bertz CT molecular complexity index is 523. The van der Waals surface area contributed by atoms with Crippen LogP contribution in [0.25, 0.3) is 0 Å². The molecule has 0 aromatic heterocycles. The maximum absolute atomic E-state index is 12.3. The van der Waals surface area contributed by atoms with Crippen LogP contribution < -0.4 is 5.32 Å². The van der Waals surface area contributed by atoms with Crippen molar-refractivity contribution in [1.29, 1.82) is 0 Å². The van der Waals surface area contributed by atoms with Crippen LogP contribution in [0, 0.1) is 13.8 Å². The molecule has 5 heteroatoms. The molecule has 1 N–H and O–H groups in total. The number of anilines is 1. The summed E-state index contributed by atoms with van der Waals surface area (Å²) < 4.78 is 4.11. The van der Waals surface area contributed by atoms with Gasteiger partial charge in [0.1, 0.15) is 0 Å². The lowest BCUT2D eigenvalue weighted by atomic mass is 10.0. The van der Waals surface area contributed by atoms with Gasteiger partial charge in [-0.05, 0) is 51.4 Å². The van der Waals surface area contributed by atoms with E-state index in [4.69, 9.17) is 0 Å². The Kier molecular flexibility index (Phi) is 11.5. The monoisotopic (exact) mass is 350 g/mol. The normalized spacial score (nSPS) is 16.5. The number of likely N-dealkylation sites (N-methyl/N-ethyl adjacent to an activating group) is 1. The van der Waals surface area contributed by atoms with E-state index >= 15 is 0 Å². The zero-order valence-corrected chi connectivity index (χ0v) is 16.8. The molecule has 0 bridgehead atoms. The average Bonchev–Trinajstić information content (AvgIpc) is 2.61. The highest BCUT2D eigenvalue weighted by Gasteiger charge is 2.26. The lowest BCUT2D eigenvalue weighted by Crippen LogP contribution is -2.44. The average molecular weight is 351 g/mol. The highest BCUT2D eigenvalue weighted by atomic mass is 16.5. The summed E-state index contributed by atoms with van der Waals surface area (Å²) in [4.78, 5) is 24.1. The van der Waals surface area contributed by atoms with Crippen LogP contribution in [0.1, 0.15) is 51.2 Å². The Balaban J connectivity index is 0.000000710. The summed E-state index contributed by atoms with van der Waals surface area (Å²) in [5.41, 5.74) is 3.23. The highest BCUT2D eigenvalue weighted by Crippen LogP contribution is 2.22. The first-order chi connectivity index (χ1) is 11.9. The fourth-order valence-corrected chi connectivity index (χ4v) is 2.62. The minimum absolute atomic E-state index is 0.0257. The quantitative estimate of drug-likeness (QED) is 0.821. The molecule has 1 aromatic rings. The predicted octanol–water partition coefficient (Wildman–Crippen LogP) is 3.93. The first kappa shape index (κ1) is 23.1. The van der Waals surface area contributed by atoms with Crippen LogP contribution in [-0.4, -0.2) is 43.5 Å². The van der Waals surface area contributed by atoms with E-state index < -0.39 is 0 Å². The summed E-state index contributed by atoms with van der Waals surface area (Å²) in [6.45, 7) is 10.4. The fraction of sp³-hybridized carbons (Fsp3) is 0.600. The minimum Gasteiger partial charge on any atom is -0.469 e. The van der Waals surface area contributed by atoms with Crippen molar-refractivity contribution < 1.29 is 14.3 Å². The van der Waals surface area contributed by atoms with Crippen LogP contribution in [0.2, 0.25) is 0 Å². The SMILES string of the molecule is CC.COC(C)=O.Cc1cccc(C)c1NC(=O)C1CCCCN1C. The summed E-state index contributed by atoms with van der Waals surface area (Å²) in [6, 6.07) is 6.12. The molecule has 0 aliphatic carbocycles. The molecule has 1 unspecified atom stereocenters. The van der Waals surface area contributed by atoms with Crippen LogP contribution >= 0.6 is 0 Å². The maximum Gasteiger partial charge on any atom is 0.302 e. The molecule has 25 heavy (non-hydrogen) atoms. The van der Waals surface area contributed by atoms with Crippen LogP contribution in [0.4, 0.5) is 5.69 Å². The molecule has 142 valence electrons. The molecule has 1 atom stereocenters. The van der Waals surface area contributed by atoms with Gasteiger partial charge in [0.25, 0.3) is 0 Å². The number of benzene rings is 1. The van der Waals surface area contributed by atoms with E-state index in [2.05, 4.69) is 15.0 Å². The van der Waals surface area contributed by atoms with E-state index in [0.717, 1.165) is 36.2 Å². The molecule has 0 radical (unpaired) electrons. The van der Waals surface area contributed by atoms with E-state index in [1.807, 2.05) is 52.9 Å². The maximum atomic E-state index is 12.3. The molecule has 2 rings (SSSR count). The summed E-state index contributed by atoms with van der Waals surface area (Å²) in [5, 5.41) is 3.10. The van der Waals surface area contributed by atoms with Gasteiger partial charge in [-0.1, -0.05) is 38.5 Å². The summed E-state index contributed by atoms with van der Waals surface area (Å²) in [5.74, 6) is -0.111. The third kappa shape index (κ3) is 8.16. The van der Waals surface area contributed by atoms with Crippen LogP contribution in [-0.2, 0) is 14.3 Å². The van der Waals surface area contributed by atoms with Crippen LogP contribution in [0.15, 0.2) is 18.2 Å². The predicted molar refractivity (Wildman–Crippen MR) is 104 cm³/mol. The van der Waals surface area contributed by atoms with Crippen LogP contribution in [0.3, 0.4) is 0 Å². The van der Waals surface area contributed by atoms with Gasteiger partial charge in [0.2, 0.25) is 5.91 Å². The molecule has 1 aliphatic heterocycles. The van der Waals surface area contributed by atoms with Gasteiger partial charge in [0, 0.05) is 12.6 Å². The van der Waals surface area contributed by atoms with Crippen LogP contribution in [0.5, 0.6) is 0 Å². The number of carbonyl (C=O) groups is 2. The zero-order chi connectivity index (χ0) is 19.4. The number of amides is 1. The number of hydrogen-bond acceptors (Lipinski definition) is 4. The first-order valence-electron chi connectivity index (χ1n) is 8.98. The number of hydrogen-bond donors (Lipinski definition) is 1. The molecule has 1 fully saturated rings. The van der Waals surface area contributed by atoms with Crippen molar-refractivity contribution in [2.24, 2.45) is 0 Å². The molecule has 1 amide bonds. The third-order valence-electron chi connectivity index (χ3n) is 4.09. The van der Waals surface area contributed by atoms with Crippen molar-refractivity contribution in [2.45, 2.75) is 59.9 Å². The van der Waals surface area contributed by atoms with Crippen molar-refractivity contribution in [3.05, 3.63) is 29.3 Å². The standard InChI is InChI=1S/C15H22N2O.C3H6O2.C2H6/c1-11-7-6-8-12(2)14(11)16-15(18)13-9-4-5-10-17(13)3;1-3(4)5-2;1-2/h6-8,13H,4-5,9-10H2,1-3H3,(H,16,18);1-2H3;1-2H3. The van der Waals surface area contributed by atoms with Crippen molar-refractivity contribution in [1.82, 2.24) is 4.90 Å². The van der Waals surface area contributed by atoms with E-state index in [-0.39, 0.29) is 17.9 Å². The molecule has 5 nitrogen and oxygen atoms in total. The lowest BCUT2D eigenvalue weighted by Gasteiger charge is -2.31. The second kappa shape index (κ2) is 12.5. The van der Waals surface area contributed by atoms with Gasteiger partial charge in [-0.2, -0.15) is 0 Å².